The van der Waals surface area contributed by atoms with Crippen molar-refractivity contribution in [2.24, 2.45) is 14.0 Å². The van der Waals surface area contributed by atoms with Crippen LogP contribution in [0.4, 0.5) is 8.78 Å². The van der Waals surface area contributed by atoms with E-state index >= 15 is 0 Å². The second-order valence-electron chi connectivity index (χ2n) is 4.69. The highest BCUT2D eigenvalue weighted by Gasteiger charge is 2.20. The third-order valence-corrected chi connectivity index (χ3v) is 2.97. The van der Waals surface area contributed by atoms with Gasteiger partial charge in [0.05, 0.1) is 6.30 Å². The van der Waals surface area contributed by atoms with Crippen LogP contribution >= 0.6 is 0 Å². The van der Waals surface area contributed by atoms with Gasteiger partial charge in [-0.3, -0.25) is 13.9 Å². The van der Waals surface area contributed by atoms with Crippen LogP contribution in [0.1, 0.15) is 34.4 Å². The fraction of sp³-hybridized carbons (Fsp3) is 0.615. The molecule has 116 valence electrons. The second kappa shape index (κ2) is 5.42. The van der Waals surface area contributed by atoms with Crippen molar-refractivity contribution in [2.45, 2.75) is 38.6 Å². The molecule has 0 fully saturated rings. The van der Waals surface area contributed by atoms with Crippen LogP contribution in [0.2, 0.25) is 0 Å². The van der Waals surface area contributed by atoms with Gasteiger partial charge in [0, 0.05) is 33.8 Å². The smallest absolute Gasteiger partial charge is 0.328 e. The first-order valence-corrected chi connectivity index (χ1v) is 6.17. The van der Waals surface area contributed by atoms with E-state index < -0.39 is 55.3 Å². The highest BCUT2D eigenvalue weighted by molar-refractivity contribution is 5.69. The fourth-order valence-corrected chi connectivity index (χ4v) is 1.95. The van der Waals surface area contributed by atoms with Gasteiger partial charge in [0.15, 0.2) is 11.2 Å². The standard InChI is InChI=1S/C13H18F2N4O2/c1-13(14,15)6-4-5-7-19-11(20)9-10(16-8-17(9)2)18(3)12(19)21/h8H,4-7H2,1-3H3/i2D3,6D2,8D. The summed E-state index contributed by atoms with van der Waals surface area (Å²) in [6, 6.07) is 0. The fourth-order valence-electron chi connectivity index (χ4n) is 1.95. The molecule has 0 aliphatic heterocycles. The Bertz CT molecular complexity index is 986. The maximum Gasteiger partial charge on any atom is 0.332 e. The Balaban J connectivity index is 2.53. The van der Waals surface area contributed by atoms with Crippen molar-refractivity contribution in [3.8, 4) is 0 Å². The molecule has 0 aliphatic carbocycles. The van der Waals surface area contributed by atoms with Crippen molar-refractivity contribution < 1.29 is 17.0 Å². The molecule has 0 N–H and O–H groups in total. The van der Waals surface area contributed by atoms with Crippen molar-refractivity contribution in [3.05, 3.63) is 27.1 Å². The minimum absolute atomic E-state index is 0.257. The van der Waals surface area contributed by atoms with Crippen LogP contribution in [-0.2, 0) is 20.6 Å². The van der Waals surface area contributed by atoms with Gasteiger partial charge in [-0.05, 0) is 19.8 Å². The molecule has 21 heavy (non-hydrogen) atoms. The summed E-state index contributed by atoms with van der Waals surface area (Å²) in [7, 11) is 1.23. The number of alkyl halides is 2. The molecule has 0 amide bonds. The van der Waals surface area contributed by atoms with Gasteiger partial charge >= 0.3 is 5.69 Å². The molecule has 0 unspecified atom stereocenters. The Morgan fingerprint density at radius 3 is 2.81 bits per heavy atom. The lowest BCUT2D eigenvalue weighted by Crippen LogP contribution is -2.39. The number of hydrogen-bond acceptors (Lipinski definition) is 3. The first-order chi connectivity index (χ1) is 12.1. The van der Waals surface area contributed by atoms with E-state index in [1.807, 2.05) is 0 Å². The minimum Gasteiger partial charge on any atom is -0.328 e. The summed E-state index contributed by atoms with van der Waals surface area (Å²) in [5.74, 6) is -3.60. The van der Waals surface area contributed by atoms with E-state index in [-0.39, 0.29) is 12.1 Å². The molecular formula is C13H18F2N4O2. The lowest BCUT2D eigenvalue weighted by Gasteiger charge is -2.11. The van der Waals surface area contributed by atoms with Gasteiger partial charge in [0.25, 0.3) is 5.56 Å². The van der Waals surface area contributed by atoms with Crippen molar-refractivity contribution >= 4 is 11.2 Å². The lowest BCUT2D eigenvalue weighted by molar-refractivity contribution is 0.0102. The predicted octanol–water partition coefficient (Wildman–Crippen LogP) is 1.26. The molecule has 2 heterocycles. The molecule has 6 nitrogen and oxygen atoms in total. The average molecular weight is 306 g/mol. The summed E-state index contributed by atoms with van der Waals surface area (Å²) < 4.78 is 73.2. The lowest BCUT2D eigenvalue weighted by atomic mass is 10.1. The molecule has 0 aromatic carbocycles. The van der Waals surface area contributed by atoms with Gasteiger partial charge in [-0.2, -0.15) is 0 Å². The van der Waals surface area contributed by atoms with Crippen molar-refractivity contribution in [1.82, 2.24) is 18.7 Å². The highest BCUT2D eigenvalue weighted by atomic mass is 19.3. The number of rotatable bonds is 5. The molecule has 0 spiro atoms. The summed E-state index contributed by atoms with van der Waals surface area (Å²) in [6.45, 7) is -2.84. The van der Waals surface area contributed by atoms with Crippen LogP contribution < -0.4 is 11.2 Å². The van der Waals surface area contributed by atoms with Crippen LogP contribution in [0.25, 0.3) is 11.2 Å². The van der Waals surface area contributed by atoms with Gasteiger partial charge < -0.3 is 4.57 Å². The second-order valence-corrected chi connectivity index (χ2v) is 4.69. The predicted molar refractivity (Wildman–Crippen MR) is 74.7 cm³/mol. The molecule has 2 aromatic heterocycles. The van der Waals surface area contributed by atoms with E-state index in [0.717, 1.165) is 4.57 Å². The summed E-state index contributed by atoms with van der Waals surface area (Å²) in [5.41, 5.74) is -2.66. The number of hydrogen-bond donors (Lipinski definition) is 0. The molecule has 0 atom stereocenters. The molecule has 0 bridgehead atoms. The van der Waals surface area contributed by atoms with Gasteiger partial charge in [0.1, 0.15) is 1.37 Å². The van der Waals surface area contributed by atoms with Gasteiger partial charge in [0.2, 0.25) is 5.92 Å². The Hall–Kier alpha value is -1.99. The van der Waals surface area contributed by atoms with E-state index in [1.54, 1.807) is 0 Å². The maximum atomic E-state index is 13.2. The zero-order valence-corrected chi connectivity index (χ0v) is 11.5. The number of imidazole rings is 1. The molecule has 0 aliphatic rings. The molecule has 0 radical (unpaired) electrons. The van der Waals surface area contributed by atoms with Gasteiger partial charge in [-0.15, -0.1) is 0 Å². The van der Waals surface area contributed by atoms with Crippen molar-refractivity contribution in [2.75, 3.05) is 0 Å². The number of fused-ring (bicyclic) bond motifs is 1. The van der Waals surface area contributed by atoms with Gasteiger partial charge in [-0.1, -0.05) is 0 Å². The van der Waals surface area contributed by atoms with Crippen LogP contribution in [0.3, 0.4) is 0 Å². The third kappa shape index (κ3) is 3.03. The van der Waals surface area contributed by atoms with E-state index in [4.69, 9.17) is 8.22 Å². The monoisotopic (exact) mass is 306 g/mol. The highest BCUT2D eigenvalue weighted by Crippen LogP contribution is 2.19. The van der Waals surface area contributed by atoms with Crippen molar-refractivity contribution in [1.29, 1.82) is 0 Å². The van der Waals surface area contributed by atoms with E-state index in [0.29, 0.717) is 16.1 Å². The van der Waals surface area contributed by atoms with E-state index in [1.165, 1.54) is 7.05 Å². The summed E-state index contributed by atoms with van der Waals surface area (Å²) in [4.78, 5) is 28.7. The Labute approximate surface area is 128 Å². The van der Waals surface area contributed by atoms with E-state index in [2.05, 4.69) is 4.98 Å². The summed E-state index contributed by atoms with van der Waals surface area (Å²) >= 11 is 0. The first-order valence-electron chi connectivity index (χ1n) is 9.17. The quantitative estimate of drug-likeness (QED) is 0.835. The summed E-state index contributed by atoms with van der Waals surface area (Å²) in [6.07, 6.45) is -4.43. The largest absolute Gasteiger partial charge is 0.332 e. The molecule has 2 aromatic rings. The molecule has 2 rings (SSSR count). The molecule has 0 saturated heterocycles. The average Bonchev–Trinajstić information content (AvgIpc) is 2.85. The maximum absolute atomic E-state index is 13.2. The topological polar surface area (TPSA) is 61.8 Å². The minimum atomic E-state index is -3.60. The normalized spacial score (nSPS) is 17.7. The van der Waals surface area contributed by atoms with Gasteiger partial charge in [-0.25, -0.2) is 18.6 Å². The van der Waals surface area contributed by atoms with Crippen LogP contribution in [-0.4, -0.2) is 24.6 Å². The first kappa shape index (κ1) is 9.11. The zero-order chi connectivity index (χ0) is 20.9. The van der Waals surface area contributed by atoms with Crippen molar-refractivity contribution in [3.63, 3.8) is 0 Å². The van der Waals surface area contributed by atoms with Crippen LogP contribution in [0.5, 0.6) is 0 Å². The van der Waals surface area contributed by atoms with Crippen LogP contribution in [0, 0.1) is 0 Å². The number of halogens is 2. The Kier molecular flexibility index (Phi) is 2.35. The number of aromatic nitrogens is 4. The molecular weight excluding hydrogens is 282 g/mol. The SMILES string of the molecule is [2H]c1nc2c(c(=O)n(CCCC([2H])([2H])C(C)(F)F)c(=O)n2C)n1C([2H])([2H])[2H]. The Morgan fingerprint density at radius 1 is 1.48 bits per heavy atom. The number of nitrogens with zero attached hydrogens (tertiary/aromatic N) is 4. The van der Waals surface area contributed by atoms with Crippen LogP contribution in [0.15, 0.2) is 15.9 Å². The molecule has 0 saturated carbocycles. The summed E-state index contributed by atoms with van der Waals surface area (Å²) in [5, 5.41) is 0. The Morgan fingerprint density at radius 2 is 2.19 bits per heavy atom. The number of aryl methyl sites for hydroxylation is 2. The third-order valence-electron chi connectivity index (χ3n) is 2.97. The van der Waals surface area contributed by atoms with E-state index in [9.17, 15) is 18.4 Å². The molecule has 8 heteroatoms. The zero-order valence-electron chi connectivity index (χ0n) is 17.5.